The van der Waals surface area contributed by atoms with Crippen LogP contribution in [0.4, 0.5) is 0 Å². The number of nitrogens with zero attached hydrogens (tertiary/aromatic N) is 3. The van der Waals surface area contributed by atoms with Gasteiger partial charge in [-0.2, -0.15) is 0 Å². The molecule has 0 aromatic carbocycles. The summed E-state index contributed by atoms with van der Waals surface area (Å²) in [5.41, 5.74) is 2.84. The molecule has 0 atom stereocenters. The van der Waals surface area contributed by atoms with Gasteiger partial charge in [-0.3, -0.25) is 9.89 Å². The minimum absolute atomic E-state index is 0.107. The van der Waals surface area contributed by atoms with Crippen molar-refractivity contribution in [3.05, 3.63) is 41.5 Å². The Morgan fingerprint density at radius 2 is 2.27 bits per heavy atom. The normalized spacial score (nSPS) is 10.9. The van der Waals surface area contributed by atoms with Crippen LogP contribution < -0.4 is 0 Å². The average Bonchev–Trinajstić information content (AvgIpc) is 3.05. The second-order valence-electron chi connectivity index (χ2n) is 5.21. The second kappa shape index (κ2) is 7.45. The standard InChI is InChI=1S/C16H22N4OS/c1-5-7-15-17-16(19-18-15)22-10-14(21)13-9-11(3)20(8-6-2)12(13)4/h6,9H,2,5,7-8,10H2,1,3-4H3,(H,17,18,19). The lowest BCUT2D eigenvalue weighted by Gasteiger charge is -2.05. The van der Waals surface area contributed by atoms with Crippen LogP contribution in [0.2, 0.25) is 0 Å². The van der Waals surface area contributed by atoms with Gasteiger partial charge >= 0.3 is 0 Å². The summed E-state index contributed by atoms with van der Waals surface area (Å²) in [6, 6.07) is 1.95. The maximum atomic E-state index is 12.4. The van der Waals surface area contributed by atoms with Crippen LogP contribution in [0.15, 0.2) is 23.9 Å². The molecule has 5 nitrogen and oxygen atoms in total. The fourth-order valence-corrected chi connectivity index (χ4v) is 3.09. The first kappa shape index (κ1) is 16.5. The van der Waals surface area contributed by atoms with Crippen molar-refractivity contribution in [3.8, 4) is 0 Å². The van der Waals surface area contributed by atoms with Gasteiger partial charge < -0.3 is 4.57 Å². The van der Waals surface area contributed by atoms with Gasteiger partial charge in [0.15, 0.2) is 5.78 Å². The maximum absolute atomic E-state index is 12.4. The lowest BCUT2D eigenvalue weighted by atomic mass is 10.2. The van der Waals surface area contributed by atoms with E-state index in [1.807, 2.05) is 26.0 Å². The predicted octanol–water partition coefficient (Wildman–Crippen LogP) is 3.34. The lowest BCUT2D eigenvalue weighted by Crippen LogP contribution is -2.06. The van der Waals surface area contributed by atoms with Gasteiger partial charge in [0, 0.05) is 29.9 Å². The van der Waals surface area contributed by atoms with E-state index in [9.17, 15) is 4.79 Å². The monoisotopic (exact) mass is 318 g/mol. The number of carbonyl (C=O) groups excluding carboxylic acids is 1. The highest BCUT2D eigenvalue weighted by atomic mass is 32.2. The van der Waals surface area contributed by atoms with Crippen molar-refractivity contribution in [3.63, 3.8) is 0 Å². The first-order valence-corrected chi connectivity index (χ1v) is 8.40. The van der Waals surface area contributed by atoms with E-state index in [1.54, 1.807) is 0 Å². The Bertz CT molecular complexity index is 672. The number of aromatic amines is 1. The van der Waals surface area contributed by atoms with E-state index in [-0.39, 0.29) is 5.78 Å². The largest absolute Gasteiger partial charge is 0.345 e. The predicted molar refractivity (Wildman–Crippen MR) is 89.5 cm³/mol. The van der Waals surface area contributed by atoms with Crippen molar-refractivity contribution in [2.24, 2.45) is 0 Å². The molecule has 0 aliphatic carbocycles. The van der Waals surface area contributed by atoms with Gasteiger partial charge in [0.1, 0.15) is 5.82 Å². The summed E-state index contributed by atoms with van der Waals surface area (Å²) < 4.78 is 2.09. The zero-order chi connectivity index (χ0) is 16.1. The summed E-state index contributed by atoms with van der Waals surface area (Å²) >= 11 is 1.37. The van der Waals surface area contributed by atoms with Gasteiger partial charge in [0.05, 0.1) is 5.75 Å². The SMILES string of the molecule is C=CCn1c(C)cc(C(=O)CSc2n[nH]c(CCC)n2)c1C. The highest BCUT2D eigenvalue weighted by molar-refractivity contribution is 7.99. The number of aromatic nitrogens is 4. The molecule has 0 radical (unpaired) electrons. The van der Waals surface area contributed by atoms with Crippen LogP contribution in [0, 0.1) is 13.8 Å². The number of hydrogen-bond acceptors (Lipinski definition) is 4. The molecule has 2 aromatic rings. The number of aryl methyl sites for hydroxylation is 2. The molecule has 6 heteroatoms. The third-order valence-corrected chi connectivity index (χ3v) is 4.36. The van der Waals surface area contributed by atoms with Gasteiger partial charge in [0.2, 0.25) is 5.16 Å². The molecule has 1 N–H and O–H groups in total. The van der Waals surface area contributed by atoms with Crippen LogP contribution in [0.3, 0.4) is 0 Å². The molecule has 0 saturated carbocycles. The topological polar surface area (TPSA) is 63.6 Å². The molecule has 118 valence electrons. The van der Waals surface area contributed by atoms with Crippen molar-refractivity contribution >= 4 is 17.5 Å². The highest BCUT2D eigenvalue weighted by Gasteiger charge is 2.16. The van der Waals surface area contributed by atoms with Crippen molar-refractivity contribution in [2.75, 3.05) is 5.75 Å². The average molecular weight is 318 g/mol. The molecular weight excluding hydrogens is 296 g/mol. The van der Waals surface area contributed by atoms with Crippen molar-refractivity contribution < 1.29 is 4.79 Å². The van der Waals surface area contributed by atoms with E-state index in [0.717, 1.165) is 42.2 Å². The van der Waals surface area contributed by atoms with Crippen LogP contribution in [-0.2, 0) is 13.0 Å². The number of carbonyl (C=O) groups is 1. The van der Waals surface area contributed by atoms with Crippen molar-refractivity contribution in [2.45, 2.75) is 45.3 Å². The van der Waals surface area contributed by atoms with Gasteiger partial charge in [-0.05, 0) is 26.3 Å². The van der Waals surface area contributed by atoms with E-state index >= 15 is 0 Å². The molecule has 2 aromatic heterocycles. The summed E-state index contributed by atoms with van der Waals surface area (Å²) in [6.45, 7) is 10.6. The zero-order valence-corrected chi connectivity index (χ0v) is 14.2. The molecule has 2 rings (SSSR count). The highest BCUT2D eigenvalue weighted by Crippen LogP contribution is 2.20. The molecule has 0 bridgehead atoms. The smallest absolute Gasteiger partial charge is 0.208 e. The molecule has 0 saturated heterocycles. The summed E-state index contributed by atoms with van der Waals surface area (Å²) in [7, 11) is 0. The molecule has 0 aliphatic rings. The Hall–Kier alpha value is -1.82. The second-order valence-corrected chi connectivity index (χ2v) is 6.15. The van der Waals surface area contributed by atoms with E-state index in [1.165, 1.54) is 11.8 Å². The summed E-state index contributed by atoms with van der Waals surface area (Å²) in [6.07, 6.45) is 3.74. The van der Waals surface area contributed by atoms with Crippen LogP contribution >= 0.6 is 11.8 Å². The van der Waals surface area contributed by atoms with Crippen LogP contribution in [0.25, 0.3) is 0 Å². The Labute approximate surface area is 135 Å². The molecule has 0 amide bonds. The summed E-state index contributed by atoms with van der Waals surface area (Å²) in [5, 5.41) is 7.67. The number of allylic oxidation sites excluding steroid dienone is 1. The van der Waals surface area contributed by atoms with Gasteiger partial charge in [-0.1, -0.05) is 24.8 Å². The van der Waals surface area contributed by atoms with E-state index in [0.29, 0.717) is 10.9 Å². The number of Topliss-reactive ketones (excluding diaryl/α,β-unsaturated/α-hetero) is 1. The van der Waals surface area contributed by atoms with Crippen molar-refractivity contribution in [1.29, 1.82) is 0 Å². The Morgan fingerprint density at radius 3 is 2.95 bits per heavy atom. The Kier molecular flexibility index (Phi) is 5.60. The van der Waals surface area contributed by atoms with Gasteiger partial charge in [-0.25, -0.2) is 4.98 Å². The number of thioether (sulfide) groups is 1. The van der Waals surface area contributed by atoms with Crippen molar-refractivity contribution in [1.82, 2.24) is 19.7 Å². The number of nitrogens with one attached hydrogen (secondary N) is 1. The molecule has 22 heavy (non-hydrogen) atoms. The fraction of sp³-hybridized carbons (Fsp3) is 0.438. The molecule has 0 aliphatic heterocycles. The van der Waals surface area contributed by atoms with Gasteiger partial charge in [-0.15, -0.1) is 11.7 Å². The lowest BCUT2D eigenvalue weighted by molar-refractivity contribution is 0.102. The summed E-state index contributed by atoms with van der Waals surface area (Å²) in [5.74, 6) is 1.33. The number of rotatable bonds is 8. The van der Waals surface area contributed by atoms with E-state index in [4.69, 9.17) is 0 Å². The molecule has 0 fully saturated rings. The third-order valence-electron chi connectivity index (χ3n) is 3.52. The zero-order valence-electron chi connectivity index (χ0n) is 13.3. The fourth-order valence-electron chi connectivity index (χ4n) is 2.39. The first-order valence-electron chi connectivity index (χ1n) is 7.41. The van der Waals surface area contributed by atoms with Crippen LogP contribution in [0.1, 0.15) is 40.9 Å². The quantitative estimate of drug-likeness (QED) is 0.460. The molecular formula is C16H22N4OS. The number of hydrogen-bond donors (Lipinski definition) is 1. The molecule has 0 unspecified atom stereocenters. The van der Waals surface area contributed by atoms with Crippen LogP contribution in [0.5, 0.6) is 0 Å². The third kappa shape index (κ3) is 3.68. The number of H-pyrrole nitrogens is 1. The van der Waals surface area contributed by atoms with E-state index < -0.39 is 0 Å². The Balaban J connectivity index is 2.02. The summed E-state index contributed by atoms with van der Waals surface area (Å²) in [4.78, 5) is 16.8. The number of ketones is 1. The van der Waals surface area contributed by atoms with Gasteiger partial charge in [0.25, 0.3) is 0 Å². The molecule has 0 spiro atoms. The van der Waals surface area contributed by atoms with E-state index in [2.05, 4.69) is 33.3 Å². The maximum Gasteiger partial charge on any atom is 0.208 e. The molecule has 2 heterocycles. The Morgan fingerprint density at radius 1 is 1.50 bits per heavy atom. The first-order chi connectivity index (χ1) is 10.6. The minimum atomic E-state index is 0.107. The van der Waals surface area contributed by atoms with Crippen LogP contribution in [-0.4, -0.2) is 31.3 Å². The minimum Gasteiger partial charge on any atom is -0.345 e.